The highest BCUT2D eigenvalue weighted by Gasteiger charge is 2.19. The predicted molar refractivity (Wildman–Crippen MR) is 59.2 cm³/mol. The lowest BCUT2D eigenvalue weighted by molar-refractivity contribution is 0.0865. The van der Waals surface area contributed by atoms with E-state index in [1.807, 2.05) is 25.1 Å². The van der Waals surface area contributed by atoms with E-state index in [-0.39, 0.29) is 0 Å². The topological polar surface area (TPSA) is 21.3 Å². The largest absolute Gasteiger partial charge is 0.305 e. The molecule has 0 amide bonds. The van der Waals surface area contributed by atoms with Crippen molar-refractivity contribution in [2.24, 2.45) is 0 Å². The summed E-state index contributed by atoms with van der Waals surface area (Å²) in [6.45, 7) is 5.71. The van der Waals surface area contributed by atoms with Crippen molar-refractivity contribution in [2.75, 3.05) is 7.11 Å². The molecule has 84 valence electrons. The third-order valence-electron chi connectivity index (χ3n) is 2.44. The number of nitrogens with one attached hydrogen (secondary N) is 1. The van der Waals surface area contributed by atoms with Crippen LogP contribution in [-0.2, 0) is 17.1 Å². The van der Waals surface area contributed by atoms with Gasteiger partial charge in [0.2, 0.25) is 0 Å². The van der Waals surface area contributed by atoms with Gasteiger partial charge in [-0.25, -0.2) is 4.39 Å². The fraction of sp³-hybridized carbons (Fsp3) is 0.500. The molecule has 0 radical (unpaired) electrons. The Balaban J connectivity index is 2.95. The summed E-state index contributed by atoms with van der Waals surface area (Å²) in [7, 11) is 1.57. The molecule has 0 heterocycles. The van der Waals surface area contributed by atoms with E-state index >= 15 is 0 Å². The zero-order chi connectivity index (χ0) is 11.5. The molecule has 3 heteroatoms. The smallest absolute Gasteiger partial charge is 0.130 e. The van der Waals surface area contributed by atoms with Gasteiger partial charge in [-0.2, -0.15) is 5.48 Å². The third-order valence-corrected chi connectivity index (χ3v) is 2.44. The second kappa shape index (κ2) is 4.73. The molecule has 0 saturated heterocycles. The van der Waals surface area contributed by atoms with Crippen molar-refractivity contribution in [1.29, 1.82) is 0 Å². The first-order valence-electron chi connectivity index (χ1n) is 5.00. The van der Waals surface area contributed by atoms with Crippen LogP contribution in [0.25, 0.3) is 0 Å². The van der Waals surface area contributed by atoms with Crippen LogP contribution in [0.2, 0.25) is 0 Å². The first-order chi connectivity index (χ1) is 6.95. The molecule has 0 aliphatic rings. The van der Waals surface area contributed by atoms with Crippen LogP contribution >= 0.6 is 0 Å². The van der Waals surface area contributed by atoms with E-state index in [0.29, 0.717) is 12.1 Å². The molecule has 0 aliphatic heterocycles. The lowest BCUT2D eigenvalue weighted by Gasteiger charge is -2.17. The van der Waals surface area contributed by atoms with E-state index in [0.717, 1.165) is 11.1 Å². The van der Waals surface area contributed by atoms with E-state index < -0.39 is 5.67 Å². The summed E-state index contributed by atoms with van der Waals surface area (Å²) < 4.78 is 13.7. The molecular formula is C12H18FNO. The summed E-state index contributed by atoms with van der Waals surface area (Å²) in [5.74, 6) is 0. The van der Waals surface area contributed by atoms with Crippen molar-refractivity contribution in [2.45, 2.75) is 33.0 Å². The first-order valence-corrected chi connectivity index (χ1v) is 5.00. The maximum absolute atomic E-state index is 13.7. The second-order valence-electron chi connectivity index (χ2n) is 4.14. The molecule has 0 spiro atoms. The summed E-state index contributed by atoms with van der Waals surface area (Å²) in [6.07, 6.45) is 0. The summed E-state index contributed by atoms with van der Waals surface area (Å²) >= 11 is 0. The maximum atomic E-state index is 13.7. The normalized spacial score (nSPS) is 11.8. The van der Waals surface area contributed by atoms with Crippen LogP contribution in [0.3, 0.4) is 0 Å². The summed E-state index contributed by atoms with van der Waals surface area (Å²) in [5.41, 5.74) is 4.35. The summed E-state index contributed by atoms with van der Waals surface area (Å²) in [5, 5.41) is 0. The SMILES string of the molecule is CONCc1cc(C(C)(C)F)ccc1C. The molecule has 0 atom stereocenters. The van der Waals surface area contributed by atoms with Gasteiger partial charge in [0.1, 0.15) is 5.67 Å². The van der Waals surface area contributed by atoms with E-state index in [1.54, 1.807) is 21.0 Å². The molecule has 1 aromatic rings. The van der Waals surface area contributed by atoms with Crippen LogP contribution in [0.5, 0.6) is 0 Å². The van der Waals surface area contributed by atoms with Gasteiger partial charge in [-0.15, -0.1) is 0 Å². The van der Waals surface area contributed by atoms with Gasteiger partial charge in [0.25, 0.3) is 0 Å². The van der Waals surface area contributed by atoms with Crippen molar-refractivity contribution in [3.63, 3.8) is 0 Å². The van der Waals surface area contributed by atoms with Gasteiger partial charge in [-0.1, -0.05) is 18.2 Å². The highest BCUT2D eigenvalue weighted by molar-refractivity contribution is 5.33. The van der Waals surface area contributed by atoms with Crippen molar-refractivity contribution >= 4 is 0 Å². The number of hydrogen-bond donors (Lipinski definition) is 1. The quantitative estimate of drug-likeness (QED) is 0.773. The van der Waals surface area contributed by atoms with Crippen molar-refractivity contribution < 1.29 is 9.23 Å². The molecule has 0 aromatic heterocycles. The molecule has 1 aromatic carbocycles. The van der Waals surface area contributed by atoms with Crippen LogP contribution in [0.1, 0.15) is 30.5 Å². The minimum Gasteiger partial charge on any atom is -0.305 e. The Kier molecular flexibility index (Phi) is 3.83. The van der Waals surface area contributed by atoms with Crippen LogP contribution in [0.4, 0.5) is 4.39 Å². The highest BCUT2D eigenvalue weighted by Crippen LogP contribution is 2.26. The van der Waals surface area contributed by atoms with Crippen LogP contribution in [0.15, 0.2) is 18.2 Å². The number of hydrogen-bond acceptors (Lipinski definition) is 2. The van der Waals surface area contributed by atoms with Gasteiger partial charge >= 0.3 is 0 Å². The predicted octanol–water partition coefficient (Wildman–Crippen LogP) is 2.85. The molecule has 0 aliphatic carbocycles. The van der Waals surface area contributed by atoms with E-state index in [4.69, 9.17) is 4.84 Å². The van der Waals surface area contributed by atoms with Crippen molar-refractivity contribution in [1.82, 2.24) is 5.48 Å². The van der Waals surface area contributed by atoms with Crippen molar-refractivity contribution in [3.8, 4) is 0 Å². The molecular weight excluding hydrogens is 193 g/mol. The summed E-state index contributed by atoms with van der Waals surface area (Å²) in [6, 6.07) is 5.64. The van der Waals surface area contributed by atoms with Gasteiger partial charge in [0.05, 0.1) is 7.11 Å². The zero-order valence-electron chi connectivity index (χ0n) is 9.73. The van der Waals surface area contributed by atoms with Gasteiger partial charge in [-0.05, 0) is 37.5 Å². The van der Waals surface area contributed by atoms with E-state index in [9.17, 15) is 4.39 Å². The lowest BCUT2D eigenvalue weighted by Crippen LogP contribution is -2.14. The van der Waals surface area contributed by atoms with Crippen LogP contribution < -0.4 is 5.48 Å². The van der Waals surface area contributed by atoms with Crippen LogP contribution in [-0.4, -0.2) is 7.11 Å². The Morgan fingerprint density at radius 3 is 2.60 bits per heavy atom. The van der Waals surface area contributed by atoms with Gasteiger partial charge in [-0.3, -0.25) is 0 Å². The molecule has 15 heavy (non-hydrogen) atoms. The Morgan fingerprint density at radius 2 is 2.07 bits per heavy atom. The molecule has 1 N–H and O–H groups in total. The zero-order valence-corrected chi connectivity index (χ0v) is 9.73. The van der Waals surface area contributed by atoms with E-state index in [1.165, 1.54) is 0 Å². The maximum Gasteiger partial charge on any atom is 0.130 e. The Hall–Kier alpha value is -0.930. The monoisotopic (exact) mass is 211 g/mol. The van der Waals surface area contributed by atoms with Gasteiger partial charge in [0, 0.05) is 6.54 Å². The molecule has 1 rings (SSSR count). The summed E-state index contributed by atoms with van der Waals surface area (Å²) in [4.78, 5) is 4.78. The molecule has 2 nitrogen and oxygen atoms in total. The number of halogens is 1. The van der Waals surface area contributed by atoms with Gasteiger partial charge < -0.3 is 4.84 Å². The number of rotatable bonds is 4. The average Bonchev–Trinajstić information content (AvgIpc) is 2.15. The van der Waals surface area contributed by atoms with E-state index in [2.05, 4.69) is 5.48 Å². The Labute approximate surface area is 90.4 Å². The number of aryl methyl sites for hydroxylation is 1. The number of alkyl halides is 1. The van der Waals surface area contributed by atoms with Crippen molar-refractivity contribution in [3.05, 3.63) is 34.9 Å². The number of hydroxylamine groups is 1. The third kappa shape index (κ3) is 3.29. The fourth-order valence-corrected chi connectivity index (χ4v) is 1.38. The lowest BCUT2D eigenvalue weighted by atomic mass is 9.96. The number of benzene rings is 1. The standard InChI is InChI=1S/C12H18FNO/c1-9-5-6-11(12(2,3)13)7-10(9)8-14-15-4/h5-7,14H,8H2,1-4H3. The second-order valence-corrected chi connectivity index (χ2v) is 4.14. The molecule has 0 unspecified atom stereocenters. The Bertz CT molecular complexity index is 331. The minimum atomic E-state index is -1.30. The molecule has 0 bridgehead atoms. The highest BCUT2D eigenvalue weighted by atomic mass is 19.1. The molecule has 0 saturated carbocycles. The fourth-order valence-electron chi connectivity index (χ4n) is 1.38. The van der Waals surface area contributed by atoms with Crippen LogP contribution in [0, 0.1) is 6.92 Å². The Morgan fingerprint density at radius 1 is 1.40 bits per heavy atom. The first kappa shape index (κ1) is 12.1. The average molecular weight is 211 g/mol. The van der Waals surface area contributed by atoms with Gasteiger partial charge in [0.15, 0.2) is 0 Å². The molecule has 0 fully saturated rings. The minimum absolute atomic E-state index is 0.590.